The number of amides is 1. The fraction of sp³-hybridized carbons (Fsp3) is 0.643. The molecule has 3 rings (SSSR count). The second kappa shape index (κ2) is 10.2. The summed E-state index contributed by atoms with van der Waals surface area (Å²) in [6.07, 6.45) is 5.17. The topological polar surface area (TPSA) is 87.4 Å². The second-order valence-electron chi connectivity index (χ2n) is 5.79. The lowest BCUT2D eigenvalue weighted by atomic mass is 10.2. The highest BCUT2D eigenvalue weighted by Gasteiger charge is 2.45. The van der Waals surface area contributed by atoms with Gasteiger partial charge in [0, 0.05) is 51.7 Å². The van der Waals surface area contributed by atoms with E-state index in [-0.39, 0.29) is 43.1 Å². The predicted molar refractivity (Wildman–Crippen MR) is 102 cm³/mol. The molecule has 0 bridgehead atoms. The van der Waals surface area contributed by atoms with E-state index in [9.17, 15) is 4.79 Å². The Kier molecular flexibility index (Phi) is 9.84. The van der Waals surface area contributed by atoms with Crippen LogP contribution in [0.15, 0.2) is 18.5 Å². The van der Waals surface area contributed by atoms with Crippen LogP contribution in [0.5, 0.6) is 0 Å². The molecule has 1 saturated heterocycles. The van der Waals surface area contributed by atoms with Gasteiger partial charge >= 0.3 is 0 Å². The van der Waals surface area contributed by atoms with Crippen molar-refractivity contribution in [3.05, 3.63) is 18.5 Å². The lowest BCUT2D eigenvalue weighted by Crippen LogP contribution is -2.50. The third kappa shape index (κ3) is 5.89. The number of piperazine rings is 1. The van der Waals surface area contributed by atoms with Crippen molar-refractivity contribution in [3.63, 3.8) is 0 Å². The first kappa shape index (κ1) is 23.1. The molecule has 1 aliphatic carbocycles. The first-order valence-corrected chi connectivity index (χ1v) is 7.49. The molecule has 2 aliphatic rings. The van der Waals surface area contributed by atoms with E-state index in [0.29, 0.717) is 6.54 Å². The Labute approximate surface area is 161 Å². The summed E-state index contributed by atoms with van der Waals surface area (Å²) in [4.78, 5) is 24.8. The largest absolute Gasteiger partial charge is 0.353 e. The van der Waals surface area contributed by atoms with E-state index in [1.807, 2.05) is 6.07 Å². The molecule has 0 spiro atoms. The molecular weight excluding hydrogens is 375 g/mol. The molecule has 24 heavy (non-hydrogen) atoms. The molecule has 10 heteroatoms. The minimum atomic E-state index is -0.566. The number of nitrogens with two attached hydrogens (primary N) is 1. The van der Waals surface area contributed by atoms with Gasteiger partial charge in [-0.3, -0.25) is 9.69 Å². The van der Waals surface area contributed by atoms with Crippen molar-refractivity contribution < 1.29 is 4.79 Å². The third-order valence-corrected chi connectivity index (χ3v) is 4.16. The lowest BCUT2D eigenvalue weighted by Gasteiger charge is -2.34. The van der Waals surface area contributed by atoms with Crippen LogP contribution >= 0.6 is 37.2 Å². The zero-order chi connectivity index (χ0) is 14.7. The summed E-state index contributed by atoms with van der Waals surface area (Å²) in [5.41, 5.74) is 5.28. The molecule has 0 radical (unpaired) electrons. The molecule has 0 atom stereocenters. The standard InChI is InChI=1S/C14H22N6O.3ClH/c15-14(2-3-14)12(21)16-6-7-19-8-10-20(11-9-19)13-17-4-1-5-18-13;;;/h1,4-5H,2-3,6-11,15H2,(H,16,21);3*1H. The Morgan fingerprint density at radius 3 is 2.25 bits per heavy atom. The van der Waals surface area contributed by atoms with Crippen molar-refractivity contribution in [2.45, 2.75) is 18.4 Å². The average molecular weight is 400 g/mol. The predicted octanol–water partition coefficient (Wildman–Crippen LogP) is 0.471. The minimum Gasteiger partial charge on any atom is -0.353 e. The van der Waals surface area contributed by atoms with Crippen LogP contribution in [0.4, 0.5) is 5.95 Å². The molecule has 138 valence electrons. The Balaban J connectivity index is 0.00000176. The first-order valence-electron chi connectivity index (χ1n) is 7.49. The number of nitrogens with one attached hydrogen (secondary N) is 1. The van der Waals surface area contributed by atoms with E-state index < -0.39 is 5.54 Å². The molecule has 2 fully saturated rings. The lowest BCUT2D eigenvalue weighted by molar-refractivity contribution is -0.123. The maximum absolute atomic E-state index is 11.7. The Morgan fingerprint density at radius 1 is 1.12 bits per heavy atom. The maximum Gasteiger partial charge on any atom is 0.240 e. The highest BCUT2D eigenvalue weighted by Crippen LogP contribution is 2.31. The quantitative estimate of drug-likeness (QED) is 0.748. The van der Waals surface area contributed by atoms with Crippen molar-refractivity contribution in [2.75, 3.05) is 44.2 Å². The summed E-state index contributed by atoms with van der Waals surface area (Å²) in [6.45, 7) is 5.28. The first-order chi connectivity index (χ1) is 10.2. The number of carbonyl (C=O) groups excluding carboxylic acids is 1. The molecule has 3 N–H and O–H groups in total. The number of halogens is 3. The zero-order valence-corrected chi connectivity index (χ0v) is 15.8. The summed E-state index contributed by atoms with van der Waals surface area (Å²) in [5, 5.41) is 2.93. The summed E-state index contributed by atoms with van der Waals surface area (Å²) < 4.78 is 0. The van der Waals surface area contributed by atoms with Crippen LogP contribution in [0, 0.1) is 0 Å². The molecule has 0 aromatic carbocycles. The van der Waals surface area contributed by atoms with Crippen LogP contribution in [0.2, 0.25) is 0 Å². The summed E-state index contributed by atoms with van der Waals surface area (Å²) in [6, 6.07) is 1.83. The Bertz CT molecular complexity index is 495. The Morgan fingerprint density at radius 2 is 1.71 bits per heavy atom. The minimum absolute atomic E-state index is 0. The summed E-state index contributed by atoms with van der Waals surface area (Å²) in [7, 11) is 0. The number of carbonyl (C=O) groups is 1. The molecule has 1 saturated carbocycles. The molecular formula is C14H25Cl3N6O. The molecule has 1 aromatic heterocycles. The van der Waals surface area contributed by atoms with Crippen LogP contribution in [-0.2, 0) is 4.79 Å². The second-order valence-corrected chi connectivity index (χ2v) is 5.79. The van der Waals surface area contributed by atoms with Gasteiger partial charge in [0.15, 0.2) is 0 Å². The highest BCUT2D eigenvalue weighted by atomic mass is 35.5. The molecule has 7 nitrogen and oxygen atoms in total. The van der Waals surface area contributed by atoms with Crippen LogP contribution in [0.1, 0.15) is 12.8 Å². The Hall–Kier alpha value is -0.860. The van der Waals surface area contributed by atoms with E-state index in [1.54, 1.807) is 12.4 Å². The van der Waals surface area contributed by atoms with Crippen LogP contribution < -0.4 is 16.0 Å². The van der Waals surface area contributed by atoms with Crippen molar-refractivity contribution in [2.24, 2.45) is 5.73 Å². The van der Waals surface area contributed by atoms with Crippen molar-refractivity contribution >= 4 is 49.1 Å². The molecule has 1 aliphatic heterocycles. The van der Waals surface area contributed by atoms with Crippen molar-refractivity contribution in [1.29, 1.82) is 0 Å². The van der Waals surface area contributed by atoms with E-state index in [1.165, 1.54) is 0 Å². The molecule has 1 aromatic rings. The van der Waals surface area contributed by atoms with E-state index in [0.717, 1.165) is 51.5 Å². The van der Waals surface area contributed by atoms with Gasteiger partial charge in [0.05, 0.1) is 5.54 Å². The van der Waals surface area contributed by atoms with E-state index >= 15 is 0 Å². The monoisotopic (exact) mass is 398 g/mol. The molecule has 0 unspecified atom stereocenters. The van der Waals surface area contributed by atoms with E-state index in [4.69, 9.17) is 5.73 Å². The van der Waals surface area contributed by atoms with Gasteiger partial charge < -0.3 is 16.0 Å². The molecule has 1 amide bonds. The van der Waals surface area contributed by atoms with E-state index in [2.05, 4.69) is 25.1 Å². The smallest absolute Gasteiger partial charge is 0.240 e. The fourth-order valence-corrected chi connectivity index (χ4v) is 2.49. The van der Waals surface area contributed by atoms with Gasteiger partial charge in [-0.1, -0.05) is 0 Å². The van der Waals surface area contributed by atoms with Crippen molar-refractivity contribution in [3.8, 4) is 0 Å². The fourth-order valence-electron chi connectivity index (χ4n) is 2.49. The third-order valence-electron chi connectivity index (χ3n) is 4.16. The number of nitrogens with zero attached hydrogens (tertiary/aromatic N) is 4. The number of rotatable bonds is 5. The SMILES string of the molecule is Cl.Cl.Cl.NC1(C(=O)NCCN2CCN(c3ncccn3)CC2)CC1. The van der Waals surface area contributed by atoms with Crippen LogP contribution in [0.25, 0.3) is 0 Å². The van der Waals surface area contributed by atoms with Gasteiger partial charge in [-0.05, 0) is 18.9 Å². The summed E-state index contributed by atoms with van der Waals surface area (Å²) >= 11 is 0. The van der Waals surface area contributed by atoms with Crippen LogP contribution in [0.3, 0.4) is 0 Å². The van der Waals surface area contributed by atoms with Gasteiger partial charge in [0.25, 0.3) is 0 Å². The van der Waals surface area contributed by atoms with Gasteiger partial charge in [-0.15, -0.1) is 37.2 Å². The number of aromatic nitrogens is 2. The maximum atomic E-state index is 11.7. The van der Waals surface area contributed by atoms with Gasteiger partial charge in [-0.25, -0.2) is 9.97 Å². The molecule has 2 heterocycles. The van der Waals surface area contributed by atoms with Crippen LogP contribution in [-0.4, -0.2) is 65.6 Å². The van der Waals surface area contributed by atoms with Gasteiger partial charge in [-0.2, -0.15) is 0 Å². The highest BCUT2D eigenvalue weighted by molar-refractivity contribution is 5.88. The van der Waals surface area contributed by atoms with Gasteiger partial charge in [0.1, 0.15) is 0 Å². The number of hydrogen-bond donors (Lipinski definition) is 2. The summed E-state index contributed by atoms with van der Waals surface area (Å²) in [5.74, 6) is 0.795. The number of hydrogen-bond acceptors (Lipinski definition) is 6. The normalized spacial score (nSPS) is 18.5. The zero-order valence-electron chi connectivity index (χ0n) is 13.4. The number of anilines is 1. The van der Waals surface area contributed by atoms with Crippen molar-refractivity contribution in [1.82, 2.24) is 20.2 Å². The van der Waals surface area contributed by atoms with Gasteiger partial charge in [0.2, 0.25) is 11.9 Å². The average Bonchev–Trinajstić information content (AvgIpc) is 3.28.